The van der Waals surface area contributed by atoms with Gasteiger partial charge in [-0.05, 0) is 106 Å². The molecule has 7 heteroatoms. The quantitative estimate of drug-likeness (QED) is 0.283. The van der Waals surface area contributed by atoms with E-state index in [1.165, 1.54) is 30.7 Å². The van der Waals surface area contributed by atoms with Crippen LogP contribution in [0.4, 0.5) is 8.78 Å². The summed E-state index contributed by atoms with van der Waals surface area (Å²) in [5, 5.41) is 0. The van der Waals surface area contributed by atoms with Crippen molar-refractivity contribution in [1.29, 1.82) is 0 Å². The summed E-state index contributed by atoms with van der Waals surface area (Å²) in [5.74, 6) is 2.15. The first-order valence-corrected chi connectivity index (χ1v) is 16.4. The number of allylic oxidation sites excluding steroid dienone is 1. The number of hydrogen-bond donors (Lipinski definition) is 1. The van der Waals surface area contributed by atoms with Crippen molar-refractivity contribution in [2.75, 3.05) is 26.2 Å². The van der Waals surface area contributed by atoms with Gasteiger partial charge >= 0.3 is 0 Å². The fourth-order valence-corrected chi connectivity index (χ4v) is 7.58. The van der Waals surface area contributed by atoms with Crippen molar-refractivity contribution in [3.63, 3.8) is 0 Å². The molecule has 1 saturated carbocycles. The Hall–Kier alpha value is -3.42. The third-order valence-corrected chi connectivity index (χ3v) is 10.0. The SMILES string of the molecule is NCC1OC(C2CCN(CCCC(c3ccc(F)cc3)c3ccc(F)cc3)CC2)=Cc2c1ccc1c2OC2(CCCCC2)O1. The smallest absolute Gasteiger partial charge is 0.251 e. The molecular weight excluding hydrogens is 558 g/mol. The zero-order chi connectivity index (χ0) is 30.1. The van der Waals surface area contributed by atoms with Crippen LogP contribution >= 0.6 is 0 Å². The van der Waals surface area contributed by atoms with Gasteiger partial charge in [-0.15, -0.1) is 0 Å². The third kappa shape index (κ3) is 5.96. The number of rotatable bonds is 8. The van der Waals surface area contributed by atoms with Crippen LogP contribution in [0.1, 0.15) is 92.1 Å². The molecule has 1 aliphatic carbocycles. The zero-order valence-electron chi connectivity index (χ0n) is 25.3. The standard InChI is InChI=1S/C37H42F2N2O3/c38-28-10-6-25(7-11-28)30(26-8-12-29(39)13-9-26)5-4-20-41-21-16-27(17-22-41)34-23-32-31(35(24-40)42-34)14-15-33-36(32)44-37(43-33)18-2-1-3-19-37/h6-15,23,27,30,35H,1-5,16-22,24,40H2. The molecule has 3 heterocycles. The number of ether oxygens (including phenoxy) is 3. The van der Waals surface area contributed by atoms with E-state index < -0.39 is 5.79 Å². The van der Waals surface area contributed by atoms with Gasteiger partial charge in [-0.2, -0.15) is 0 Å². The van der Waals surface area contributed by atoms with E-state index in [9.17, 15) is 8.78 Å². The minimum absolute atomic E-state index is 0.100. The molecule has 1 unspecified atom stereocenters. The predicted octanol–water partition coefficient (Wildman–Crippen LogP) is 8.09. The van der Waals surface area contributed by atoms with Gasteiger partial charge < -0.3 is 24.8 Å². The molecule has 0 amide bonds. The van der Waals surface area contributed by atoms with Crippen LogP contribution < -0.4 is 15.2 Å². The van der Waals surface area contributed by atoms with Gasteiger partial charge in [0.05, 0.1) is 0 Å². The molecular formula is C37H42F2N2O3. The second-order valence-electron chi connectivity index (χ2n) is 12.9. The zero-order valence-corrected chi connectivity index (χ0v) is 25.3. The van der Waals surface area contributed by atoms with Crippen molar-refractivity contribution < 1.29 is 23.0 Å². The molecule has 3 aliphatic heterocycles. The summed E-state index contributed by atoms with van der Waals surface area (Å²) in [4.78, 5) is 2.53. The van der Waals surface area contributed by atoms with Crippen molar-refractivity contribution in [2.24, 2.45) is 11.7 Å². The first kappa shape index (κ1) is 29.3. The van der Waals surface area contributed by atoms with Crippen molar-refractivity contribution in [3.05, 3.63) is 100 Å². The molecule has 1 saturated heterocycles. The van der Waals surface area contributed by atoms with E-state index in [4.69, 9.17) is 19.9 Å². The Morgan fingerprint density at radius 3 is 2.14 bits per heavy atom. The summed E-state index contributed by atoms with van der Waals surface area (Å²) in [7, 11) is 0. The lowest BCUT2D eigenvalue weighted by Crippen LogP contribution is -2.40. The molecule has 0 aromatic heterocycles. The Bertz CT molecular complexity index is 1430. The average Bonchev–Trinajstić information content (AvgIpc) is 3.42. The minimum Gasteiger partial charge on any atom is -0.488 e. The molecule has 44 heavy (non-hydrogen) atoms. The third-order valence-electron chi connectivity index (χ3n) is 10.0. The molecule has 4 aliphatic rings. The van der Waals surface area contributed by atoms with Gasteiger partial charge in [0.25, 0.3) is 5.79 Å². The highest BCUT2D eigenvalue weighted by atomic mass is 19.1. The number of halogens is 2. The molecule has 2 fully saturated rings. The van der Waals surface area contributed by atoms with Gasteiger partial charge in [0.15, 0.2) is 11.5 Å². The van der Waals surface area contributed by atoms with Crippen molar-refractivity contribution >= 4 is 6.08 Å². The van der Waals surface area contributed by atoms with E-state index in [0.717, 1.165) is 111 Å². The highest BCUT2D eigenvalue weighted by molar-refractivity contribution is 5.70. The van der Waals surface area contributed by atoms with Gasteiger partial charge in [0.2, 0.25) is 0 Å². The Morgan fingerprint density at radius 1 is 0.841 bits per heavy atom. The maximum absolute atomic E-state index is 13.6. The summed E-state index contributed by atoms with van der Waals surface area (Å²) in [5.41, 5.74) is 10.5. The molecule has 7 rings (SSSR count). The Kier molecular flexibility index (Phi) is 8.34. The molecule has 1 atom stereocenters. The number of fused-ring (bicyclic) bond motifs is 3. The van der Waals surface area contributed by atoms with Crippen LogP contribution in [-0.2, 0) is 4.74 Å². The van der Waals surface area contributed by atoms with Crippen molar-refractivity contribution in [3.8, 4) is 11.5 Å². The van der Waals surface area contributed by atoms with Crippen LogP contribution in [0, 0.1) is 17.6 Å². The first-order valence-electron chi connectivity index (χ1n) is 16.4. The molecule has 1 spiro atoms. The lowest BCUT2D eigenvalue weighted by atomic mass is 9.87. The second kappa shape index (κ2) is 12.5. The van der Waals surface area contributed by atoms with Crippen LogP contribution in [0.15, 0.2) is 66.4 Å². The number of likely N-dealkylation sites (tertiary alicyclic amines) is 1. The lowest BCUT2D eigenvalue weighted by molar-refractivity contribution is -0.105. The topological polar surface area (TPSA) is 57.0 Å². The molecule has 0 radical (unpaired) electrons. The summed E-state index contributed by atoms with van der Waals surface area (Å²) in [6.07, 6.45) is 11.3. The van der Waals surface area contributed by atoms with E-state index in [1.807, 2.05) is 30.3 Å². The second-order valence-corrected chi connectivity index (χ2v) is 12.9. The molecule has 232 valence electrons. The number of hydrogen-bond acceptors (Lipinski definition) is 5. The van der Waals surface area contributed by atoms with E-state index in [1.54, 1.807) is 0 Å². The van der Waals surface area contributed by atoms with Crippen LogP contribution in [0.25, 0.3) is 6.08 Å². The average molecular weight is 601 g/mol. The van der Waals surface area contributed by atoms with E-state index in [2.05, 4.69) is 17.0 Å². The molecule has 3 aromatic carbocycles. The largest absolute Gasteiger partial charge is 0.488 e. The molecule has 2 N–H and O–H groups in total. The van der Waals surface area contributed by atoms with Crippen molar-refractivity contribution in [2.45, 2.75) is 75.6 Å². The minimum atomic E-state index is -0.516. The highest BCUT2D eigenvalue weighted by Crippen LogP contribution is 2.51. The predicted molar refractivity (Wildman–Crippen MR) is 167 cm³/mol. The normalized spacial score (nSPS) is 21.3. The Balaban J connectivity index is 0.995. The molecule has 5 nitrogen and oxygen atoms in total. The highest BCUT2D eigenvalue weighted by Gasteiger charge is 2.44. The molecule has 3 aromatic rings. The van der Waals surface area contributed by atoms with Gasteiger partial charge in [0, 0.05) is 42.3 Å². The fraction of sp³-hybridized carbons (Fsp3) is 0.459. The number of piperidine rings is 1. The Labute approximate surface area is 259 Å². The lowest BCUT2D eigenvalue weighted by Gasteiger charge is -2.36. The first-order chi connectivity index (χ1) is 21.5. The maximum atomic E-state index is 13.6. The number of benzene rings is 3. The number of nitrogens with two attached hydrogens (primary N) is 1. The maximum Gasteiger partial charge on any atom is 0.251 e. The van der Waals surface area contributed by atoms with Crippen LogP contribution in [0.5, 0.6) is 11.5 Å². The van der Waals surface area contributed by atoms with Gasteiger partial charge in [-0.1, -0.05) is 36.8 Å². The summed E-state index contributed by atoms with van der Waals surface area (Å²) >= 11 is 0. The summed E-state index contributed by atoms with van der Waals surface area (Å²) in [6, 6.07) is 17.5. The van der Waals surface area contributed by atoms with Gasteiger partial charge in [0.1, 0.15) is 23.5 Å². The van der Waals surface area contributed by atoms with E-state index in [0.29, 0.717) is 12.5 Å². The molecule has 0 bridgehead atoms. The van der Waals surface area contributed by atoms with Crippen molar-refractivity contribution in [1.82, 2.24) is 4.90 Å². The summed E-state index contributed by atoms with van der Waals surface area (Å²) in [6.45, 7) is 3.40. The number of nitrogens with zero attached hydrogens (tertiary/aromatic N) is 1. The Morgan fingerprint density at radius 2 is 1.50 bits per heavy atom. The van der Waals surface area contributed by atoms with E-state index in [-0.39, 0.29) is 23.7 Å². The fourth-order valence-electron chi connectivity index (χ4n) is 7.58. The van der Waals surface area contributed by atoms with Crippen LogP contribution in [-0.4, -0.2) is 36.9 Å². The van der Waals surface area contributed by atoms with Crippen LogP contribution in [0.3, 0.4) is 0 Å². The van der Waals surface area contributed by atoms with Crippen LogP contribution in [0.2, 0.25) is 0 Å². The van der Waals surface area contributed by atoms with Gasteiger partial charge in [-0.25, -0.2) is 8.78 Å². The van der Waals surface area contributed by atoms with Gasteiger partial charge in [-0.3, -0.25) is 0 Å². The van der Waals surface area contributed by atoms with E-state index >= 15 is 0 Å². The summed E-state index contributed by atoms with van der Waals surface area (Å²) < 4.78 is 46.8. The monoisotopic (exact) mass is 600 g/mol.